The minimum atomic E-state index is -0.531. The largest absolute Gasteiger partial charge is 0.389 e. The lowest BCUT2D eigenvalue weighted by Gasteiger charge is -2.37. The zero-order valence-corrected chi connectivity index (χ0v) is 11.5. The van der Waals surface area contributed by atoms with E-state index < -0.39 is 5.60 Å². The molecule has 96 valence electrons. The van der Waals surface area contributed by atoms with Gasteiger partial charge in [-0.05, 0) is 38.0 Å². The molecule has 2 unspecified atom stereocenters. The van der Waals surface area contributed by atoms with Gasteiger partial charge in [0.25, 0.3) is 0 Å². The van der Waals surface area contributed by atoms with Crippen molar-refractivity contribution < 1.29 is 5.11 Å². The van der Waals surface area contributed by atoms with Crippen LogP contribution in [0.4, 0.5) is 0 Å². The van der Waals surface area contributed by atoms with Crippen molar-refractivity contribution in [1.29, 1.82) is 0 Å². The Bertz CT molecular complexity index is 211. The van der Waals surface area contributed by atoms with Gasteiger partial charge in [-0.2, -0.15) is 0 Å². The van der Waals surface area contributed by atoms with Gasteiger partial charge in [0.15, 0.2) is 0 Å². The fourth-order valence-electron chi connectivity index (χ4n) is 2.86. The van der Waals surface area contributed by atoms with Crippen LogP contribution in [0.25, 0.3) is 0 Å². The topological polar surface area (TPSA) is 32.3 Å². The first-order chi connectivity index (χ1) is 7.35. The molecule has 2 nitrogen and oxygen atoms in total. The third-order valence-corrected chi connectivity index (χ3v) is 3.77. The molecule has 1 saturated carbocycles. The molecule has 0 radical (unpaired) electrons. The molecule has 1 aliphatic rings. The molecule has 0 saturated heterocycles. The normalized spacial score (nSPS) is 28.7. The summed E-state index contributed by atoms with van der Waals surface area (Å²) in [5.41, 5.74) is -0.0527. The summed E-state index contributed by atoms with van der Waals surface area (Å²) in [5.74, 6) is 0. The van der Waals surface area contributed by atoms with Gasteiger partial charge in [-0.25, -0.2) is 0 Å². The van der Waals surface area contributed by atoms with E-state index in [2.05, 4.69) is 26.1 Å². The zero-order valence-electron chi connectivity index (χ0n) is 11.5. The monoisotopic (exact) mass is 227 g/mol. The van der Waals surface area contributed by atoms with Crippen molar-refractivity contribution in [3.8, 4) is 0 Å². The smallest absolute Gasteiger partial charge is 0.0743 e. The SMILES string of the molecule is CCCC(C)(O)CNC1CCCC(C)(C)C1. The van der Waals surface area contributed by atoms with Crippen molar-refractivity contribution in [2.75, 3.05) is 6.54 Å². The van der Waals surface area contributed by atoms with E-state index in [4.69, 9.17) is 0 Å². The molecule has 0 spiro atoms. The van der Waals surface area contributed by atoms with E-state index in [1.165, 1.54) is 25.7 Å². The Morgan fingerprint density at radius 3 is 2.69 bits per heavy atom. The standard InChI is InChI=1S/C14H29NO/c1-5-8-14(4,16)11-15-12-7-6-9-13(2,3)10-12/h12,15-16H,5-11H2,1-4H3. The summed E-state index contributed by atoms with van der Waals surface area (Å²) in [6.45, 7) is 9.51. The summed E-state index contributed by atoms with van der Waals surface area (Å²) >= 11 is 0. The minimum Gasteiger partial charge on any atom is -0.389 e. The average Bonchev–Trinajstić information content (AvgIpc) is 2.13. The van der Waals surface area contributed by atoms with E-state index in [1.54, 1.807) is 0 Å². The van der Waals surface area contributed by atoms with E-state index in [0.29, 0.717) is 11.5 Å². The number of nitrogens with one attached hydrogen (secondary N) is 1. The van der Waals surface area contributed by atoms with Gasteiger partial charge < -0.3 is 10.4 Å². The van der Waals surface area contributed by atoms with Crippen LogP contribution in [0.1, 0.15) is 66.2 Å². The van der Waals surface area contributed by atoms with Crippen molar-refractivity contribution in [3.63, 3.8) is 0 Å². The summed E-state index contributed by atoms with van der Waals surface area (Å²) in [4.78, 5) is 0. The summed E-state index contributed by atoms with van der Waals surface area (Å²) in [7, 11) is 0. The van der Waals surface area contributed by atoms with Gasteiger partial charge in [-0.3, -0.25) is 0 Å². The van der Waals surface area contributed by atoms with Crippen LogP contribution >= 0.6 is 0 Å². The molecule has 1 fully saturated rings. The van der Waals surface area contributed by atoms with Crippen LogP contribution in [0.2, 0.25) is 0 Å². The van der Waals surface area contributed by atoms with Crippen LogP contribution in [0.15, 0.2) is 0 Å². The van der Waals surface area contributed by atoms with E-state index in [0.717, 1.165) is 19.4 Å². The van der Waals surface area contributed by atoms with E-state index >= 15 is 0 Å². The van der Waals surface area contributed by atoms with Crippen LogP contribution in [0, 0.1) is 5.41 Å². The quantitative estimate of drug-likeness (QED) is 0.756. The molecule has 2 atom stereocenters. The lowest BCUT2D eigenvalue weighted by atomic mass is 9.75. The third kappa shape index (κ3) is 4.84. The molecule has 0 aromatic carbocycles. The van der Waals surface area contributed by atoms with Crippen LogP contribution in [-0.2, 0) is 0 Å². The first kappa shape index (κ1) is 14.0. The maximum atomic E-state index is 10.1. The van der Waals surface area contributed by atoms with Gasteiger partial charge in [-0.1, -0.05) is 33.6 Å². The average molecular weight is 227 g/mol. The Balaban J connectivity index is 2.32. The second kappa shape index (κ2) is 5.50. The number of hydrogen-bond donors (Lipinski definition) is 2. The predicted molar refractivity (Wildman–Crippen MR) is 69.6 cm³/mol. The lowest BCUT2D eigenvalue weighted by molar-refractivity contribution is 0.0425. The highest BCUT2D eigenvalue weighted by atomic mass is 16.3. The number of aliphatic hydroxyl groups is 1. The van der Waals surface area contributed by atoms with Crippen LogP contribution in [0.5, 0.6) is 0 Å². The summed E-state index contributed by atoms with van der Waals surface area (Å²) < 4.78 is 0. The van der Waals surface area contributed by atoms with Crippen molar-refractivity contribution >= 4 is 0 Å². The molecule has 0 bridgehead atoms. The third-order valence-electron chi connectivity index (χ3n) is 3.77. The first-order valence-electron chi connectivity index (χ1n) is 6.80. The molecular weight excluding hydrogens is 198 g/mol. The van der Waals surface area contributed by atoms with Gasteiger partial charge in [0.05, 0.1) is 5.60 Å². The van der Waals surface area contributed by atoms with Crippen molar-refractivity contribution in [1.82, 2.24) is 5.32 Å². The van der Waals surface area contributed by atoms with Crippen molar-refractivity contribution in [2.45, 2.75) is 77.9 Å². The van der Waals surface area contributed by atoms with Gasteiger partial charge >= 0.3 is 0 Å². The van der Waals surface area contributed by atoms with Gasteiger partial charge in [0.1, 0.15) is 0 Å². The lowest BCUT2D eigenvalue weighted by Crippen LogP contribution is -2.45. The highest BCUT2D eigenvalue weighted by Gasteiger charge is 2.29. The molecule has 0 aromatic rings. The van der Waals surface area contributed by atoms with Gasteiger partial charge in [0.2, 0.25) is 0 Å². The molecule has 0 heterocycles. The van der Waals surface area contributed by atoms with Crippen molar-refractivity contribution in [2.24, 2.45) is 5.41 Å². The van der Waals surface area contributed by atoms with Crippen molar-refractivity contribution in [3.05, 3.63) is 0 Å². The highest BCUT2D eigenvalue weighted by molar-refractivity contribution is 4.85. The Morgan fingerprint density at radius 1 is 1.44 bits per heavy atom. The molecule has 0 amide bonds. The molecule has 2 N–H and O–H groups in total. The molecular formula is C14H29NO. The molecule has 1 aliphatic carbocycles. The molecule has 1 rings (SSSR count). The van der Waals surface area contributed by atoms with E-state index in [1.807, 2.05) is 6.92 Å². The fourth-order valence-corrected chi connectivity index (χ4v) is 2.86. The summed E-state index contributed by atoms with van der Waals surface area (Å²) in [6, 6.07) is 0.604. The Labute approximate surface area is 101 Å². The summed E-state index contributed by atoms with van der Waals surface area (Å²) in [5, 5.41) is 13.7. The summed E-state index contributed by atoms with van der Waals surface area (Å²) in [6.07, 6.45) is 7.11. The molecule has 0 aromatic heterocycles. The number of rotatable bonds is 5. The fraction of sp³-hybridized carbons (Fsp3) is 1.00. The maximum Gasteiger partial charge on any atom is 0.0743 e. The second-order valence-electron chi connectivity index (χ2n) is 6.59. The predicted octanol–water partition coefficient (Wildman–Crippen LogP) is 3.10. The Morgan fingerprint density at radius 2 is 2.12 bits per heavy atom. The molecule has 16 heavy (non-hydrogen) atoms. The van der Waals surface area contributed by atoms with Crippen LogP contribution in [0.3, 0.4) is 0 Å². The van der Waals surface area contributed by atoms with Gasteiger partial charge in [-0.15, -0.1) is 0 Å². The van der Waals surface area contributed by atoms with E-state index in [-0.39, 0.29) is 0 Å². The second-order valence-corrected chi connectivity index (χ2v) is 6.59. The van der Waals surface area contributed by atoms with E-state index in [9.17, 15) is 5.11 Å². The van der Waals surface area contributed by atoms with Crippen LogP contribution in [-0.4, -0.2) is 23.3 Å². The van der Waals surface area contributed by atoms with Gasteiger partial charge in [0, 0.05) is 12.6 Å². The number of hydrogen-bond acceptors (Lipinski definition) is 2. The highest BCUT2D eigenvalue weighted by Crippen LogP contribution is 2.35. The molecule has 2 heteroatoms. The first-order valence-corrected chi connectivity index (χ1v) is 6.80. The minimum absolute atomic E-state index is 0.479. The zero-order chi connectivity index (χ0) is 12.2. The van der Waals surface area contributed by atoms with Crippen LogP contribution < -0.4 is 5.32 Å². The Hall–Kier alpha value is -0.0800. The Kier molecular flexibility index (Phi) is 4.81. The molecule has 0 aliphatic heterocycles. The maximum absolute atomic E-state index is 10.1.